The maximum atomic E-state index is 12.7. The molecule has 1 aliphatic heterocycles. The molecule has 6 nitrogen and oxygen atoms in total. The van der Waals surface area contributed by atoms with Crippen LogP contribution < -0.4 is 5.73 Å². The summed E-state index contributed by atoms with van der Waals surface area (Å²) in [7, 11) is 0. The molecule has 0 aromatic heterocycles. The van der Waals surface area contributed by atoms with Crippen molar-refractivity contribution in [3.05, 3.63) is 39.4 Å². The minimum atomic E-state index is -0.409. The van der Waals surface area contributed by atoms with Crippen LogP contribution in [0.4, 0.5) is 5.69 Å². The number of amides is 1. The number of benzene rings is 1. The summed E-state index contributed by atoms with van der Waals surface area (Å²) in [6.07, 6.45) is 0.879. The molecule has 0 radical (unpaired) electrons. The van der Waals surface area contributed by atoms with Gasteiger partial charge in [-0.2, -0.15) is 0 Å². The van der Waals surface area contributed by atoms with Crippen molar-refractivity contribution in [3.8, 4) is 0 Å². The summed E-state index contributed by atoms with van der Waals surface area (Å²) >= 11 is 0. The lowest BCUT2D eigenvalue weighted by Gasteiger charge is -2.23. The second kappa shape index (κ2) is 6.28. The van der Waals surface area contributed by atoms with E-state index in [1.807, 2.05) is 27.7 Å². The van der Waals surface area contributed by atoms with Crippen molar-refractivity contribution in [1.82, 2.24) is 4.90 Å². The third kappa shape index (κ3) is 3.52. The fourth-order valence-electron chi connectivity index (χ4n) is 3.21. The summed E-state index contributed by atoms with van der Waals surface area (Å²) in [5, 5.41) is 11.4. The van der Waals surface area contributed by atoms with Crippen LogP contribution in [-0.4, -0.2) is 34.9 Å². The Morgan fingerprint density at radius 1 is 1.43 bits per heavy atom. The molecular formula is C17H25N3O3. The molecule has 1 aromatic carbocycles. The molecule has 1 aliphatic rings. The summed E-state index contributed by atoms with van der Waals surface area (Å²) in [5.74, 6) is 0.148. The van der Waals surface area contributed by atoms with Crippen molar-refractivity contribution in [3.63, 3.8) is 0 Å². The second-order valence-electron chi connectivity index (χ2n) is 7.38. The Kier molecular flexibility index (Phi) is 4.75. The third-order valence-electron chi connectivity index (χ3n) is 4.50. The highest BCUT2D eigenvalue weighted by Crippen LogP contribution is 2.33. The SMILES string of the molecule is CC1CC(CN)CN1C(=O)c1ccc(C(C)(C)C)c([N+](=O)[O-])c1. The van der Waals surface area contributed by atoms with Crippen LogP contribution in [0.3, 0.4) is 0 Å². The van der Waals surface area contributed by atoms with E-state index < -0.39 is 4.92 Å². The van der Waals surface area contributed by atoms with E-state index in [1.165, 1.54) is 6.07 Å². The maximum Gasteiger partial charge on any atom is 0.273 e. The first-order valence-electron chi connectivity index (χ1n) is 7.95. The zero-order valence-electron chi connectivity index (χ0n) is 14.2. The molecule has 23 heavy (non-hydrogen) atoms. The molecule has 0 saturated carbocycles. The van der Waals surface area contributed by atoms with Crippen molar-refractivity contribution >= 4 is 11.6 Å². The van der Waals surface area contributed by atoms with Gasteiger partial charge in [0.25, 0.3) is 11.6 Å². The van der Waals surface area contributed by atoms with Crippen molar-refractivity contribution in [2.45, 2.75) is 45.6 Å². The van der Waals surface area contributed by atoms with E-state index in [9.17, 15) is 14.9 Å². The highest BCUT2D eigenvalue weighted by atomic mass is 16.6. The summed E-state index contributed by atoms with van der Waals surface area (Å²) in [4.78, 5) is 25.5. The number of carbonyl (C=O) groups is 1. The molecule has 6 heteroatoms. The van der Waals surface area contributed by atoms with Gasteiger partial charge in [0, 0.05) is 29.8 Å². The van der Waals surface area contributed by atoms with Crippen molar-refractivity contribution in [1.29, 1.82) is 0 Å². The topological polar surface area (TPSA) is 89.5 Å². The van der Waals surface area contributed by atoms with E-state index >= 15 is 0 Å². The molecule has 2 N–H and O–H groups in total. The van der Waals surface area contributed by atoms with Gasteiger partial charge in [-0.15, -0.1) is 0 Å². The monoisotopic (exact) mass is 319 g/mol. The van der Waals surface area contributed by atoms with Crippen molar-refractivity contribution < 1.29 is 9.72 Å². The number of hydrogen-bond acceptors (Lipinski definition) is 4. The first-order valence-corrected chi connectivity index (χ1v) is 7.95. The summed E-state index contributed by atoms with van der Waals surface area (Å²) < 4.78 is 0. The Morgan fingerprint density at radius 3 is 2.57 bits per heavy atom. The number of nitro groups is 1. The van der Waals surface area contributed by atoms with Gasteiger partial charge in [-0.1, -0.05) is 26.8 Å². The number of hydrogen-bond donors (Lipinski definition) is 1. The zero-order chi connectivity index (χ0) is 17.4. The molecular weight excluding hydrogens is 294 g/mol. The first kappa shape index (κ1) is 17.4. The van der Waals surface area contributed by atoms with Crippen LogP contribution in [0.1, 0.15) is 50.0 Å². The fraction of sp³-hybridized carbons (Fsp3) is 0.588. The lowest BCUT2D eigenvalue weighted by Crippen LogP contribution is -2.34. The zero-order valence-corrected chi connectivity index (χ0v) is 14.2. The lowest BCUT2D eigenvalue weighted by molar-refractivity contribution is -0.386. The Hall–Kier alpha value is -1.95. The third-order valence-corrected chi connectivity index (χ3v) is 4.50. The van der Waals surface area contributed by atoms with Gasteiger partial charge >= 0.3 is 0 Å². The lowest BCUT2D eigenvalue weighted by atomic mass is 9.85. The molecule has 1 amide bonds. The largest absolute Gasteiger partial charge is 0.336 e. The van der Waals surface area contributed by atoms with Gasteiger partial charge in [0.05, 0.1) is 4.92 Å². The van der Waals surface area contributed by atoms with Gasteiger partial charge < -0.3 is 10.6 Å². The molecule has 2 rings (SSSR count). The molecule has 0 bridgehead atoms. The molecule has 2 unspecified atom stereocenters. The van der Waals surface area contributed by atoms with Crippen molar-refractivity contribution in [2.75, 3.05) is 13.1 Å². The van der Waals surface area contributed by atoms with Crippen LogP contribution in [0, 0.1) is 16.0 Å². The average molecular weight is 319 g/mol. The first-order chi connectivity index (χ1) is 10.6. The predicted molar refractivity (Wildman–Crippen MR) is 89.5 cm³/mol. The van der Waals surface area contributed by atoms with Gasteiger partial charge in [0.2, 0.25) is 0 Å². The standard InChI is InChI=1S/C17H25N3O3/c1-11-7-12(9-18)10-19(11)16(21)13-5-6-14(17(2,3)4)15(8-13)20(22)23/h5-6,8,11-12H,7,9-10,18H2,1-4H3. The minimum absolute atomic E-state index is 0.00516. The average Bonchev–Trinajstić information content (AvgIpc) is 2.86. The number of carbonyl (C=O) groups excluding carboxylic acids is 1. The van der Waals surface area contributed by atoms with Crippen LogP contribution in [0.25, 0.3) is 0 Å². The predicted octanol–water partition coefficient (Wildman–Crippen LogP) is 2.70. The maximum absolute atomic E-state index is 12.7. The minimum Gasteiger partial charge on any atom is -0.336 e. The van der Waals surface area contributed by atoms with E-state index in [0.717, 1.165) is 6.42 Å². The van der Waals surface area contributed by atoms with E-state index in [0.29, 0.717) is 30.1 Å². The Morgan fingerprint density at radius 2 is 2.09 bits per heavy atom. The summed E-state index contributed by atoms with van der Waals surface area (Å²) in [5.41, 5.74) is 6.36. The van der Waals surface area contributed by atoms with Gasteiger partial charge in [-0.05, 0) is 37.3 Å². The number of nitrogens with two attached hydrogens (primary N) is 1. The molecule has 0 aliphatic carbocycles. The van der Waals surface area contributed by atoms with Crippen LogP contribution in [0.5, 0.6) is 0 Å². The Labute approximate surface area is 136 Å². The fourth-order valence-corrected chi connectivity index (χ4v) is 3.21. The second-order valence-corrected chi connectivity index (χ2v) is 7.38. The number of rotatable bonds is 3. The van der Waals surface area contributed by atoms with Crippen molar-refractivity contribution in [2.24, 2.45) is 11.7 Å². The van der Waals surface area contributed by atoms with Gasteiger partial charge in [-0.3, -0.25) is 14.9 Å². The number of nitro benzene ring substituents is 1. The number of likely N-dealkylation sites (tertiary alicyclic amines) is 1. The highest BCUT2D eigenvalue weighted by molar-refractivity contribution is 5.95. The quantitative estimate of drug-likeness (QED) is 0.685. The normalized spacial score (nSPS) is 21.5. The smallest absolute Gasteiger partial charge is 0.273 e. The van der Waals surface area contributed by atoms with Gasteiger partial charge in [0.1, 0.15) is 0 Å². The highest BCUT2D eigenvalue weighted by Gasteiger charge is 2.33. The van der Waals surface area contributed by atoms with E-state index in [4.69, 9.17) is 5.73 Å². The molecule has 2 atom stereocenters. The Bertz CT molecular complexity index is 622. The van der Waals surface area contributed by atoms with E-state index in [2.05, 4.69) is 0 Å². The van der Waals surface area contributed by atoms with E-state index in [1.54, 1.807) is 17.0 Å². The van der Waals surface area contributed by atoms with Crippen LogP contribution >= 0.6 is 0 Å². The Balaban J connectivity index is 2.36. The summed E-state index contributed by atoms with van der Waals surface area (Å²) in [6.45, 7) is 8.93. The van der Waals surface area contributed by atoms with Crippen LogP contribution in [-0.2, 0) is 5.41 Å². The summed E-state index contributed by atoms with van der Waals surface area (Å²) in [6, 6.07) is 4.91. The van der Waals surface area contributed by atoms with Crippen LogP contribution in [0.15, 0.2) is 18.2 Å². The number of nitrogens with zero attached hydrogens (tertiary/aromatic N) is 2. The molecule has 1 heterocycles. The van der Waals surface area contributed by atoms with Crippen LogP contribution in [0.2, 0.25) is 0 Å². The molecule has 0 spiro atoms. The molecule has 1 fully saturated rings. The molecule has 1 saturated heterocycles. The van der Waals surface area contributed by atoms with Gasteiger partial charge in [0.15, 0.2) is 0 Å². The molecule has 1 aromatic rings. The van der Waals surface area contributed by atoms with Gasteiger partial charge in [-0.25, -0.2) is 0 Å². The molecule has 126 valence electrons. The van der Waals surface area contributed by atoms with E-state index in [-0.39, 0.29) is 23.1 Å².